The van der Waals surface area contributed by atoms with Crippen molar-refractivity contribution < 1.29 is 9.59 Å². The number of hydrogen-bond acceptors (Lipinski definition) is 3. The Bertz CT molecular complexity index is 546. The largest absolute Gasteiger partial charge is 0.399 e. The van der Waals surface area contributed by atoms with Crippen LogP contribution in [0, 0.1) is 0 Å². The summed E-state index contributed by atoms with van der Waals surface area (Å²) < 4.78 is 0. The van der Waals surface area contributed by atoms with Crippen LogP contribution >= 0.6 is 0 Å². The first-order chi connectivity index (χ1) is 10.0. The predicted octanol–water partition coefficient (Wildman–Crippen LogP) is 1.41. The molecule has 0 aliphatic carbocycles. The van der Waals surface area contributed by atoms with Crippen molar-refractivity contribution in [2.75, 3.05) is 18.8 Å². The van der Waals surface area contributed by atoms with Gasteiger partial charge in [0.25, 0.3) is 0 Å². The van der Waals surface area contributed by atoms with Gasteiger partial charge in [-0.05, 0) is 36.6 Å². The number of nitrogens with zero attached hydrogens (tertiary/aromatic N) is 1. The first kappa shape index (κ1) is 15.1. The van der Waals surface area contributed by atoms with Crippen LogP contribution in [0.4, 0.5) is 5.69 Å². The predicted molar refractivity (Wildman–Crippen MR) is 83.3 cm³/mol. The molecule has 0 spiro atoms. The second kappa shape index (κ2) is 6.92. The van der Waals surface area contributed by atoms with E-state index in [4.69, 9.17) is 5.73 Å². The summed E-state index contributed by atoms with van der Waals surface area (Å²) in [6.45, 7) is 2.99. The number of nitrogens with one attached hydrogen (secondary N) is 1. The molecule has 0 aromatic heterocycles. The van der Waals surface area contributed by atoms with Crippen molar-refractivity contribution in [2.45, 2.75) is 25.8 Å². The maximum absolute atomic E-state index is 11.9. The van der Waals surface area contributed by atoms with Gasteiger partial charge in [0.2, 0.25) is 11.8 Å². The molecule has 0 radical (unpaired) electrons. The molecule has 1 aromatic rings. The lowest BCUT2D eigenvalue weighted by Crippen LogP contribution is -2.45. The Kier molecular flexibility index (Phi) is 4.98. The van der Waals surface area contributed by atoms with Crippen LogP contribution in [0.5, 0.6) is 0 Å². The third-order valence-electron chi connectivity index (χ3n) is 3.62. The van der Waals surface area contributed by atoms with Crippen molar-refractivity contribution in [1.82, 2.24) is 10.2 Å². The molecule has 1 fully saturated rings. The lowest BCUT2D eigenvalue weighted by Gasteiger charge is -2.31. The van der Waals surface area contributed by atoms with Crippen LogP contribution in [-0.4, -0.2) is 35.8 Å². The maximum atomic E-state index is 11.9. The van der Waals surface area contributed by atoms with Crippen LogP contribution in [0.3, 0.4) is 0 Å². The molecule has 5 nitrogen and oxygen atoms in total. The third kappa shape index (κ3) is 4.63. The first-order valence-electron chi connectivity index (χ1n) is 7.14. The minimum atomic E-state index is -0.112. The van der Waals surface area contributed by atoms with Crippen LogP contribution in [0.15, 0.2) is 30.3 Å². The zero-order valence-corrected chi connectivity index (χ0v) is 12.2. The highest BCUT2D eigenvalue weighted by Crippen LogP contribution is 2.11. The van der Waals surface area contributed by atoms with Gasteiger partial charge in [-0.3, -0.25) is 9.59 Å². The molecule has 1 heterocycles. The molecule has 112 valence electrons. The molecule has 2 amide bonds. The van der Waals surface area contributed by atoms with Gasteiger partial charge in [0.05, 0.1) is 0 Å². The van der Waals surface area contributed by atoms with Crippen LogP contribution in [0.25, 0.3) is 6.08 Å². The van der Waals surface area contributed by atoms with Gasteiger partial charge in [-0.1, -0.05) is 12.1 Å². The number of rotatable bonds is 3. The molecule has 0 unspecified atom stereocenters. The Morgan fingerprint density at radius 3 is 2.67 bits per heavy atom. The van der Waals surface area contributed by atoms with Gasteiger partial charge in [0, 0.05) is 37.8 Å². The fourth-order valence-electron chi connectivity index (χ4n) is 2.42. The lowest BCUT2D eigenvalue weighted by atomic mass is 10.0. The number of anilines is 1. The number of nitrogen functional groups attached to an aromatic ring is 1. The summed E-state index contributed by atoms with van der Waals surface area (Å²) in [6, 6.07) is 7.50. The summed E-state index contributed by atoms with van der Waals surface area (Å²) in [7, 11) is 0. The van der Waals surface area contributed by atoms with E-state index >= 15 is 0 Å². The van der Waals surface area contributed by atoms with E-state index in [1.165, 1.54) is 6.08 Å². The highest BCUT2D eigenvalue weighted by atomic mass is 16.2. The minimum Gasteiger partial charge on any atom is -0.399 e. The number of likely N-dealkylation sites (tertiary alicyclic amines) is 1. The molecule has 1 aromatic carbocycles. The van der Waals surface area contributed by atoms with Crippen LogP contribution in [-0.2, 0) is 9.59 Å². The average molecular weight is 287 g/mol. The van der Waals surface area contributed by atoms with E-state index in [-0.39, 0.29) is 17.9 Å². The van der Waals surface area contributed by atoms with Gasteiger partial charge >= 0.3 is 0 Å². The molecule has 1 aliphatic rings. The van der Waals surface area contributed by atoms with Gasteiger partial charge in [-0.15, -0.1) is 0 Å². The van der Waals surface area contributed by atoms with E-state index in [2.05, 4.69) is 5.32 Å². The fourth-order valence-corrected chi connectivity index (χ4v) is 2.42. The Hall–Kier alpha value is -2.30. The van der Waals surface area contributed by atoms with Crippen LogP contribution in [0.2, 0.25) is 0 Å². The zero-order valence-electron chi connectivity index (χ0n) is 12.2. The molecular weight excluding hydrogens is 266 g/mol. The fraction of sp³-hybridized carbons (Fsp3) is 0.375. The Morgan fingerprint density at radius 1 is 1.33 bits per heavy atom. The van der Waals surface area contributed by atoms with Gasteiger partial charge in [0.1, 0.15) is 0 Å². The Morgan fingerprint density at radius 2 is 2.05 bits per heavy atom. The topological polar surface area (TPSA) is 75.4 Å². The lowest BCUT2D eigenvalue weighted by molar-refractivity contribution is -0.129. The Labute approximate surface area is 124 Å². The highest BCUT2D eigenvalue weighted by Gasteiger charge is 2.21. The molecule has 3 N–H and O–H groups in total. The quantitative estimate of drug-likeness (QED) is 0.652. The SMILES string of the molecule is CC(=O)N1CCC(NC(=O)/C=C/c2cccc(N)c2)CC1. The van der Waals surface area contributed by atoms with Gasteiger partial charge in [0.15, 0.2) is 0 Å². The zero-order chi connectivity index (χ0) is 15.2. The number of nitrogens with two attached hydrogens (primary N) is 1. The van der Waals surface area contributed by atoms with E-state index in [1.54, 1.807) is 19.1 Å². The normalized spacial score (nSPS) is 16.1. The minimum absolute atomic E-state index is 0.0985. The number of carbonyl (C=O) groups is 2. The second-order valence-electron chi connectivity index (χ2n) is 5.29. The molecule has 2 rings (SSSR count). The monoisotopic (exact) mass is 287 g/mol. The summed E-state index contributed by atoms with van der Waals surface area (Å²) in [5, 5.41) is 2.97. The number of carbonyl (C=O) groups excluding carboxylic acids is 2. The number of benzene rings is 1. The highest BCUT2D eigenvalue weighted by molar-refractivity contribution is 5.92. The van der Waals surface area contributed by atoms with E-state index in [9.17, 15) is 9.59 Å². The molecule has 0 atom stereocenters. The van der Waals surface area contributed by atoms with E-state index in [1.807, 2.05) is 23.1 Å². The van der Waals surface area contributed by atoms with Crippen molar-refractivity contribution in [1.29, 1.82) is 0 Å². The van der Waals surface area contributed by atoms with Crippen molar-refractivity contribution >= 4 is 23.6 Å². The standard InChI is InChI=1S/C16H21N3O2/c1-12(20)19-9-7-15(8-10-19)18-16(21)6-5-13-3-2-4-14(17)11-13/h2-6,11,15H,7-10,17H2,1H3,(H,18,21)/b6-5+. The molecule has 0 bridgehead atoms. The Balaban J connectivity index is 1.81. The first-order valence-corrected chi connectivity index (χ1v) is 7.14. The van der Waals surface area contributed by atoms with Crippen molar-refractivity contribution in [2.24, 2.45) is 0 Å². The number of amides is 2. The van der Waals surface area contributed by atoms with E-state index in [0.29, 0.717) is 18.8 Å². The second-order valence-corrected chi connectivity index (χ2v) is 5.29. The number of hydrogen-bond donors (Lipinski definition) is 2. The summed E-state index contributed by atoms with van der Waals surface area (Å²) in [5.41, 5.74) is 7.26. The molecule has 5 heteroatoms. The van der Waals surface area contributed by atoms with Crippen molar-refractivity contribution in [3.63, 3.8) is 0 Å². The summed E-state index contributed by atoms with van der Waals surface area (Å²) in [6.07, 6.45) is 4.87. The molecule has 21 heavy (non-hydrogen) atoms. The smallest absolute Gasteiger partial charge is 0.244 e. The molecule has 1 aliphatic heterocycles. The van der Waals surface area contributed by atoms with Crippen molar-refractivity contribution in [3.05, 3.63) is 35.9 Å². The average Bonchev–Trinajstić information content (AvgIpc) is 2.46. The van der Waals surface area contributed by atoms with Gasteiger partial charge in [-0.2, -0.15) is 0 Å². The third-order valence-corrected chi connectivity index (χ3v) is 3.62. The summed E-state index contributed by atoms with van der Waals surface area (Å²) in [4.78, 5) is 24.9. The molecule has 0 saturated carbocycles. The van der Waals surface area contributed by atoms with Gasteiger partial charge < -0.3 is 16.0 Å². The van der Waals surface area contributed by atoms with E-state index < -0.39 is 0 Å². The summed E-state index contributed by atoms with van der Waals surface area (Å²) in [5.74, 6) is -0.0139. The summed E-state index contributed by atoms with van der Waals surface area (Å²) >= 11 is 0. The van der Waals surface area contributed by atoms with Gasteiger partial charge in [-0.25, -0.2) is 0 Å². The van der Waals surface area contributed by atoms with E-state index in [0.717, 1.165) is 18.4 Å². The molecular formula is C16H21N3O2. The van der Waals surface area contributed by atoms with Crippen molar-refractivity contribution in [3.8, 4) is 0 Å². The van der Waals surface area contributed by atoms with Crippen LogP contribution < -0.4 is 11.1 Å². The molecule has 1 saturated heterocycles. The maximum Gasteiger partial charge on any atom is 0.244 e. The van der Waals surface area contributed by atoms with Crippen LogP contribution in [0.1, 0.15) is 25.3 Å². The number of piperidine rings is 1.